The third kappa shape index (κ3) is 6.17. The van der Waals surface area contributed by atoms with Crippen molar-refractivity contribution in [2.24, 2.45) is 5.92 Å². The Balaban J connectivity index is 1.45. The van der Waals surface area contributed by atoms with Crippen LogP contribution in [-0.2, 0) is 21.4 Å². The third-order valence-electron chi connectivity index (χ3n) is 6.27. The van der Waals surface area contributed by atoms with Gasteiger partial charge in [-0.1, -0.05) is 37.2 Å². The summed E-state index contributed by atoms with van der Waals surface area (Å²) in [5.74, 6) is -2.32. The SMILES string of the molecule is CC(C)C[C@@H](Nc1nc(-c2cc(-c3ccon3)n(Cc3ccccc3F)n2)ncc1F)C(=O)NS(=O)(=O)C1CC1. The summed E-state index contributed by atoms with van der Waals surface area (Å²) in [6.45, 7) is 3.77. The minimum Gasteiger partial charge on any atom is -0.364 e. The van der Waals surface area contributed by atoms with Crippen LogP contribution in [0.15, 0.2) is 53.4 Å². The number of amides is 1. The van der Waals surface area contributed by atoms with Crippen LogP contribution in [-0.4, -0.2) is 50.5 Å². The van der Waals surface area contributed by atoms with Crippen LogP contribution in [0.3, 0.4) is 0 Å². The minimum absolute atomic E-state index is 0.0182. The van der Waals surface area contributed by atoms with Crippen LogP contribution in [0.2, 0.25) is 0 Å². The fourth-order valence-corrected chi connectivity index (χ4v) is 5.46. The number of hydrogen-bond donors (Lipinski definition) is 2. The van der Waals surface area contributed by atoms with E-state index in [2.05, 4.69) is 30.3 Å². The summed E-state index contributed by atoms with van der Waals surface area (Å²) in [5.41, 5.74) is 1.53. The normalized spacial score (nSPS) is 14.3. The standard InChI is InChI=1S/C26H27F2N7O4S/c1-15(2)11-22(26(36)34-40(37,38)17-7-8-17)30-24-19(28)13-29-25(31-24)21-12-23(20-9-10-39-33-20)35(32-21)14-16-5-3-4-6-18(16)27/h3-6,9-10,12-13,15,17,22H,7-8,11,14H2,1-2H3,(H,34,36)(H,29,30,31)/t22-/m1/s1. The van der Waals surface area contributed by atoms with Gasteiger partial charge in [-0.25, -0.2) is 27.2 Å². The van der Waals surface area contributed by atoms with Crippen molar-refractivity contribution in [1.82, 2.24) is 29.6 Å². The van der Waals surface area contributed by atoms with Gasteiger partial charge in [-0.15, -0.1) is 0 Å². The average molecular weight is 572 g/mol. The van der Waals surface area contributed by atoms with Gasteiger partial charge >= 0.3 is 0 Å². The van der Waals surface area contributed by atoms with Crippen molar-refractivity contribution in [2.45, 2.75) is 50.9 Å². The van der Waals surface area contributed by atoms with E-state index in [1.807, 2.05) is 13.8 Å². The maximum atomic E-state index is 14.8. The highest BCUT2D eigenvalue weighted by atomic mass is 32.2. The van der Waals surface area contributed by atoms with E-state index < -0.39 is 38.9 Å². The molecule has 1 saturated carbocycles. The molecule has 1 aromatic carbocycles. The first-order chi connectivity index (χ1) is 19.1. The lowest BCUT2D eigenvalue weighted by Crippen LogP contribution is -2.44. The Morgan fingerprint density at radius 2 is 1.93 bits per heavy atom. The molecule has 0 saturated heterocycles. The Bertz CT molecular complexity index is 1620. The highest BCUT2D eigenvalue weighted by molar-refractivity contribution is 7.90. The first kappa shape index (κ1) is 27.4. The van der Waals surface area contributed by atoms with Gasteiger partial charge in [0.25, 0.3) is 5.91 Å². The Morgan fingerprint density at radius 3 is 2.60 bits per heavy atom. The number of aromatic nitrogens is 5. The van der Waals surface area contributed by atoms with Gasteiger partial charge in [-0.3, -0.25) is 14.2 Å². The first-order valence-electron chi connectivity index (χ1n) is 12.7. The largest absolute Gasteiger partial charge is 0.364 e. The molecule has 0 aliphatic heterocycles. The van der Waals surface area contributed by atoms with Crippen LogP contribution in [0.1, 0.15) is 38.7 Å². The number of carbonyl (C=O) groups excluding carboxylic acids is 1. The summed E-state index contributed by atoms with van der Waals surface area (Å²) < 4.78 is 62.5. The zero-order valence-corrected chi connectivity index (χ0v) is 22.5. The van der Waals surface area contributed by atoms with Crippen molar-refractivity contribution in [2.75, 3.05) is 5.32 Å². The van der Waals surface area contributed by atoms with Crippen molar-refractivity contribution < 1.29 is 26.5 Å². The highest BCUT2D eigenvalue weighted by Crippen LogP contribution is 2.28. The Hall–Kier alpha value is -4.20. The predicted octanol–water partition coefficient (Wildman–Crippen LogP) is 3.76. The third-order valence-corrected chi connectivity index (χ3v) is 8.11. The second-order valence-electron chi connectivity index (χ2n) is 9.98. The second-order valence-corrected chi connectivity index (χ2v) is 11.9. The average Bonchev–Trinajstić information content (AvgIpc) is 3.49. The summed E-state index contributed by atoms with van der Waals surface area (Å²) in [5, 5.41) is 10.6. The summed E-state index contributed by atoms with van der Waals surface area (Å²) in [6.07, 6.45) is 3.53. The molecule has 11 nitrogen and oxygen atoms in total. The second kappa shape index (κ2) is 11.1. The van der Waals surface area contributed by atoms with E-state index in [9.17, 15) is 22.0 Å². The molecule has 3 heterocycles. The number of benzene rings is 1. The van der Waals surface area contributed by atoms with Crippen molar-refractivity contribution >= 4 is 21.7 Å². The van der Waals surface area contributed by atoms with E-state index in [4.69, 9.17) is 4.52 Å². The zero-order chi connectivity index (χ0) is 28.4. The lowest BCUT2D eigenvalue weighted by molar-refractivity contribution is -0.120. The number of nitrogens with zero attached hydrogens (tertiary/aromatic N) is 5. The fourth-order valence-electron chi connectivity index (χ4n) is 4.12. The van der Waals surface area contributed by atoms with E-state index in [1.165, 1.54) is 17.0 Å². The summed E-state index contributed by atoms with van der Waals surface area (Å²) in [7, 11) is -3.79. The molecule has 4 aromatic rings. The minimum atomic E-state index is -3.79. The smallest absolute Gasteiger partial charge is 0.255 e. The molecule has 0 spiro atoms. The number of anilines is 1. The maximum Gasteiger partial charge on any atom is 0.255 e. The molecule has 1 fully saturated rings. The molecule has 210 valence electrons. The molecule has 1 atom stereocenters. The Morgan fingerprint density at radius 1 is 1.15 bits per heavy atom. The van der Waals surface area contributed by atoms with Gasteiger partial charge in [0.05, 0.1) is 23.7 Å². The van der Waals surface area contributed by atoms with Crippen LogP contribution in [0, 0.1) is 17.6 Å². The van der Waals surface area contributed by atoms with Gasteiger partial charge in [-0.2, -0.15) is 5.10 Å². The number of sulfonamides is 1. The van der Waals surface area contributed by atoms with Crippen molar-refractivity contribution in [1.29, 1.82) is 0 Å². The maximum absolute atomic E-state index is 14.8. The molecule has 0 unspecified atom stereocenters. The molecular formula is C26H27F2N7O4S. The lowest BCUT2D eigenvalue weighted by Gasteiger charge is -2.21. The molecule has 3 aromatic heterocycles. The van der Waals surface area contributed by atoms with E-state index in [0.717, 1.165) is 6.20 Å². The van der Waals surface area contributed by atoms with Gasteiger partial charge in [0.1, 0.15) is 29.5 Å². The van der Waals surface area contributed by atoms with E-state index in [-0.39, 0.29) is 36.2 Å². The number of rotatable bonds is 11. The van der Waals surface area contributed by atoms with Crippen LogP contribution < -0.4 is 10.0 Å². The topological polar surface area (TPSA) is 145 Å². The number of nitrogens with one attached hydrogen (secondary N) is 2. The van der Waals surface area contributed by atoms with Crippen molar-refractivity contribution in [3.05, 3.63) is 66.1 Å². The summed E-state index contributed by atoms with van der Waals surface area (Å²) in [6, 6.07) is 8.41. The molecular weight excluding hydrogens is 544 g/mol. The molecule has 1 amide bonds. The molecule has 1 aliphatic carbocycles. The summed E-state index contributed by atoms with van der Waals surface area (Å²) in [4.78, 5) is 21.2. The van der Waals surface area contributed by atoms with Crippen LogP contribution in [0.25, 0.3) is 22.9 Å². The number of halogens is 2. The van der Waals surface area contributed by atoms with Gasteiger partial charge in [0.2, 0.25) is 10.0 Å². The van der Waals surface area contributed by atoms with Gasteiger partial charge in [-0.05, 0) is 37.3 Å². The number of hydrogen-bond acceptors (Lipinski definition) is 9. The van der Waals surface area contributed by atoms with Gasteiger partial charge in [0, 0.05) is 11.6 Å². The molecule has 14 heteroatoms. The lowest BCUT2D eigenvalue weighted by atomic mass is 10.0. The van der Waals surface area contributed by atoms with Crippen molar-refractivity contribution in [3.63, 3.8) is 0 Å². The molecule has 5 rings (SSSR count). The van der Waals surface area contributed by atoms with E-state index in [0.29, 0.717) is 29.8 Å². The van der Waals surface area contributed by atoms with E-state index in [1.54, 1.807) is 30.3 Å². The predicted molar refractivity (Wildman–Crippen MR) is 141 cm³/mol. The highest BCUT2D eigenvalue weighted by Gasteiger charge is 2.38. The zero-order valence-electron chi connectivity index (χ0n) is 21.7. The summed E-state index contributed by atoms with van der Waals surface area (Å²) >= 11 is 0. The Labute approximate surface area is 229 Å². The van der Waals surface area contributed by atoms with Crippen LogP contribution >= 0.6 is 0 Å². The molecule has 0 bridgehead atoms. The van der Waals surface area contributed by atoms with Gasteiger partial charge in [0.15, 0.2) is 17.5 Å². The quantitative estimate of drug-likeness (QED) is 0.275. The Kier molecular flexibility index (Phi) is 7.61. The molecule has 2 N–H and O–H groups in total. The van der Waals surface area contributed by atoms with Gasteiger partial charge < -0.3 is 9.84 Å². The van der Waals surface area contributed by atoms with E-state index >= 15 is 0 Å². The molecule has 1 aliphatic rings. The molecule has 40 heavy (non-hydrogen) atoms. The molecule has 0 radical (unpaired) electrons. The fraction of sp³-hybridized carbons (Fsp3) is 0.346. The number of carbonyl (C=O) groups is 1. The monoisotopic (exact) mass is 571 g/mol. The van der Waals surface area contributed by atoms with Crippen molar-refractivity contribution in [3.8, 4) is 22.9 Å². The first-order valence-corrected chi connectivity index (χ1v) is 14.2. The van der Waals surface area contributed by atoms with Crippen LogP contribution in [0.5, 0.6) is 0 Å². The van der Waals surface area contributed by atoms with Crippen LogP contribution in [0.4, 0.5) is 14.6 Å².